The highest BCUT2D eigenvalue weighted by Gasteiger charge is 2.11. The summed E-state index contributed by atoms with van der Waals surface area (Å²) in [5.41, 5.74) is 6.76. The SMILES string of the molecule is CC(=O)O.Nc1cc(Cl)c(NC2=NCCN2)c(Cl)c1.O.O.O. The number of carboxylic acids is 1. The van der Waals surface area contributed by atoms with Gasteiger partial charge in [0.15, 0.2) is 5.96 Å². The normalized spacial score (nSPS) is 11.1. The van der Waals surface area contributed by atoms with E-state index < -0.39 is 5.97 Å². The molecular weight excluding hydrogens is 339 g/mol. The van der Waals surface area contributed by atoms with E-state index in [1.54, 1.807) is 12.1 Å². The molecule has 0 fully saturated rings. The van der Waals surface area contributed by atoms with Crippen LogP contribution in [-0.2, 0) is 4.79 Å². The van der Waals surface area contributed by atoms with Crippen molar-refractivity contribution in [2.45, 2.75) is 6.92 Å². The molecule has 0 amide bonds. The van der Waals surface area contributed by atoms with E-state index in [4.69, 9.17) is 38.8 Å². The molecule has 1 aromatic rings. The molecule has 22 heavy (non-hydrogen) atoms. The van der Waals surface area contributed by atoms with Crippen molar-refractivity contribution >= 4 is 46.5 Å². The van der Waals surface area contributed by atoms with E-state index >= 15 is 0 Å². The van der Waals surface area contributed by atoms with E-state index in [1.165, 1.54) is 0 Å². The van der Waals surface area contributed by atoms with Crippen molar-refractivity contribution in [3.8, 4) is 0 Å². The van der Waals surface area contributed by atoms with Crippen LogP contribution >= 0.6 is 23.2 Å². The zero-order chi connectivity index (χ0) is 14.4. The van der Waals surface area contributed by atoms with Crippen LogP contribution < -0.4 is 16.4 Å². The monoisotopic (exact) mass is 358 g/mol. The zero-order valence-electron chi connectivity index (χ0n) is 11.7. The van der Waals surface area contributed by atoms with Crippen LogP contribution in [0.4, 0.5) is 11.4 Å². The highest BCUT2D eigenvalue weighted by Crippen LogP contribution is 2.32. The Kier molecular flexibility index (Phi) is 13.5. The summed E-state index contributed by atoms with van der Waals surface area (Å²) in [6.45, 7) is 2.67. The summed E-state index contributed by atoms with van der Waals surface area (Å²) < 4.78 is 0. The van der Waals surface area contributed by atoms with Crippen molar-refractivity contribution in [2.24, 2.45) is 4.99 Å². The number of guanidine groups is 1. The Hall–Kier alpha value is -1.78. The van der Waals surface area contributed by atoms with Gasteiger partial charge in [-0.15, -0.1) is 0 Å². The number of nitrogens with zero attached hydrogens (tertiary/aromatic N) is 1. The third-order valence-corrected chi connectivity index (χ3v) is 2.58. The third-order valence-electron chi connectivity index (χ3n) is 1.98. The van der Waals surface area contributed by atoms with Gasteiger partial charge in [0, 0.05) is 19.2 Å². The Labute approximate surface area is 137 Å². The molecule has 1 aliphatic rings. The highest BCUT2D eigenvalue weighted by atomic mass is 35.5. The number of benzene rings is 1. The number of aliphatic carboxylic acids is 1. The third kappa shape index (κ3) is 8.49. The van der Waals surface area contributed by atoms with Gasteiger partial charge in [0.1, 0.15) is 0 Å². The van der Waals surface area contributed by atoms with Crippen LogP contribution in [-0.4, -0.2) is 46.6 Å². The molecule has 0 saturated carbocycles. The number of rotatable bonds is 1. The van der Waals surface area contributed by atoms with E-state index in [0.717, 1.165) is 20.0 Å². The summed E-state index contributed by atoms with van der Waals surface area (Å²) in [7, 11) is 0. The molecule has 128 valence electrons. The maximum Gasteiger partial charge on any atom is 0.300 e. The minimum Gasteiger partial charge on any atom is -0.481 e. The molecule has 0 spiro atoms. The maximum atomic E-state index is 9.00. The van der Waals surface area contributed by atoms with Crippen LogP contribution in [0.2, 0.25) is 10.0 Å². The van der Waals surface area contributed by atoms with Crippen molar-refractivity contribution < 1.29 is 26.3 Å². The summed E-state index contributed by atoms with van der Waals surface area (Å²) >= 11 is 12.0. The zero-order valence-corrected chi connectivity index (χ0v) is 13.2. The van der Waals surface area contributed by atoms with Gasteiger partial charge < -0.3 is 37.9 Å². The molecule has 9 nitrogen and oxygen atoms in total. The number of carbonyl (C=O) groups is 1. The lowest BCUT2D eigenvalue weighted by molar-refractivity contribution is -0.134. The molecule has 11 N–H and O–H groups in total. The van der Waals surface area contributed by atoms with Crippen molar-refractivity contribution in [1.82, 2.24) is 5.32 Å². The fourth-order valence-electron chi connectivity index (χ4n) is 1.31. The van der Waals surface area contributed by atoms with Gasteiger partial charge in [0.05, 0.1) is 22.3 Å². The van der Waals surface area contributed by atoms with E-state index in [1.807, 2.05) is 0 Å². The average Bonchev–Trinajstić information content (AvgIpc) is 2.75. The second-order valence-electron chi connectivity index (χ2n) is 3.66. The van der Waals surface area contributed by atoms with Crippen LogP contribution in [0.15, 0.2) is 17.1 Å². The molecule has 0 atom stereocenters. The first-order valence-electron chi connectivity index (χ1n) is 5.39. The molecule has 0 unspecified atom stereocenters. The van der Waals surface area contributed by atoms with Crippen molar-refractivity contribution in [3.05, 3.63) is 22.2 Å². The average molecular weight is 359 g/mol. The number of nitrogens with one attached hydrogen (secondary N) is 2. The van der Waals surface area contributed by atoms with Crippen LogP contribution in [0.3, 0.4) is 0 Å². The minimum absolute atomic E-state index is 0. The lowest BCUT2D eigenvalue weighted by Gasteiger charge is -2.11. The number of halogens is 2. The highest BCUT2D eigenvalue weighted by molar-refractivity contribution is 6.40. The van der Waals surface area contributed by atoms with Gasteiger partial charge in [-0.3, -0.25) is 9.79 Å². The first-order chi connectivity index (χ1) is 8.90. The number of nitrogens with two attached hydrogens (primary N) is 1. The van der Waals surface area contributed by atoms with Crippen LogP contribution in [0.1, 0.15) is 6.92 Å². The standard InChI is InChI=1S/C9H10Cl2N4.C2H4O2.3H2O/c10-6-3-5(12)4-7(11)8(6)15-9-13-1-2-14-9;1-2(3)4;;;/h3-4H,1-2,12H2,(H2,13,14,15);1H3,(H,3,4);3*1H2. The van der Waals surface area contributed by atoms with Crippen molar-refractivity contribution in [3.63, 3.8) is 0 Å². The fraction of sp³-hybridized carbons (Fsp3) is 0.273. The molecule has 1 aliphatic heterocycles. The Morgan fingerprint density at radius 2 is 1.77 bits per heavy atom. The van der Waals surface area contributed by atoms with Gasteiger partial charge >= 0.3 is 0 Å². The Morgan fingerprint density at radius 3 is 2.14 bits per heavy atom. The number of hydrogen-bond donors (Lipinski definition) is 4. The molecule has 11 heteroatoms. The smallest absolute Gasteiger partial charge is 0.300 e. The topological polar surface area (TPSA) is 194 Å². The Morgan fingerprint density at radius 1 is 1.32 bits per heavy atom. The van der Waals surface area contributed by atoms with Crippen LogP contribution in [0.5, 0.6) is 0 Å². The molecule has 1 heterocycles. The molecular formula is C11H20Cl2N4O5. The molecule has 0 saturated heterocycles. The van der Waals surface area contributed by atoms with Gasteiger partial charge in [-0.2, -0.15) is 0 Å². The first kappa shape index (κ1) is 25.2. The van der Waals surface area contributed by atoms with Gasteiger partial charge in [-0.1, -0.05) is 23.2 Å². The Bertz CT molecular complexity index is 486. The summed E-state index contributed by atoms with van der Waals surface area (Å²) in [4.78, 5) is 13.2. The van der Waals surface area contributed by atoms with Crippen LogP contribution in [0, 0.1) is 0 Å². The van der Waals surface area contributed by atoms with Gasteiger partial charge in [-0.25, -0.2) is 0 Å². The molecule has 1 aromatic carbocycles. The lowest BCUT2D eigenvalue weighted by atomic mass is 10.3. The predicted octanol–water partition coefficient (Wildman–Crippen LogP) is -0.437. The second kappa shape index (κ2) is 11.8. The molecule has 0 aliphatic carbocycles. The Balaban J connectivity index is -0.000000466. The first-order valence-corrected chi connectivity index (χ1v) is 6.15. The van der Waals surface area contributed by atoms with Crippen molar-refractivity contribution in [2.75, 3.05) is 24.1 Å². The van der Waals surface area contributed by atoms with E-state index in [-0.39, 0.29) is 16.4 Å². The lowest BCUT2D eigenvalue weighted by Crippen LogP contribution is -2.26. The molecule has 0 aromatic heterocycles. The maximum absolute atomic E-state index is 9.00. The summed E-state index contributed by atoms with van der Waals surface area (Å²) in [6, 6.07) is 3.29. The second-order valence-corrected chi connectivity index (χ2v) is 4.48. The number of aliphatic imine (C=N–C) groups is 1. The minimum atomic E-state index is -0.833. The quantitative estimate of drug-likeness (QED) is 0.493. The summed E-state index contributed by atoms with van der Waals surface area (Å²) in [5.74, 6) is -0.149. The van der Waals surface area contributed by atoms with Gasteiger partial charge in [0.2, 0.25) is 0 Å². The number of hydrogen-bond acceptors (Lipinski definition) is 5. The van der Waals surface area contributed by atoms with E-state index in [9.17, 15) is 0 Å². The largest absolute Gasteiger partial charge is 0.481 e. The predicted molar refractivity (Wildman–Crippen MR) is 89.0 cm³/mol. The number of nitrogen functional groups attached to an aromatic ring is 1. The summed E-state index contributed by atoms with van der Waals surface area (Å²) in [5, 5.41) is 14.5. The van der Waals surface area contributed by atoms with Crippen molar-refractivity contribution in [1.29, 1.82) is 0 Å². The molecule has 0 radical (unpaired) electrons. The summed E-state index contributed by atoms with van der Waals surface area (Å²) in [6.07, 6.45) is 0. The number of carboxylic acid groups (broad SMARTS) is 1. The fourth-order valence-corrected chi connectivity index (χ4v) is 1.91. The van der Waals surface area contributed by atoms with E-state index in [0.29, 0.717) is 27.4 Å². The number of anilines is 2. The van der Waals surface area contributed by atoms with E-state index in [2.05, 4.69) is 15.6 Å². The van der Waals surface area contributed by atoms with Gasteiger partial charge in [0.25, 0.3) is 5.97 Å². The van der Waals surface area contributed by atoms with Crippen LogP contribution in [0.25, 0.3) is 0 Å². The molecule has 0 bridgehead atoms. The molecule has 2 rings (SSSR count). The van der Waals surface area contributed by atoms with Gasteiger partial charge in [-0.05, 0) is 12.1 Å².